The van der Waals surface area contributed by atoms with Gasteiger partial charge in [-0.05, 0) is 6.42 Å². The van der Waals surface area contributed by atoms with E-state index >= 15 is 0 Å². The van der Waals surface area contributed by atoms with E-state index in [0.717, 1.165) is 11.6 Å². The summed E-state index contributed by atoms with van der Waals surface area (Å²) in [6.45, 7) is 6.12. The zero-order valence-corrected chi connectivity index (χ0v) is 9.90. The van der Waals surface area contributed by atoms with E-state index in [0.29, 0.717) is 0 Å². The summed E-state index contributed by atoms with van der Waals surface area (Å²) in [7, 11) is -7.41. The lowest BCUT2D eigenvalue weighted by Crippen LogP contribution is -1.97. The molecule has 88 valence electrons. The van der Waals surface area contributed by atoms with Gasteiger partial charge in [-0.15, -0.1) is 0 Å². The summed E-state index contributed by atoms with van der Waals surface area (Å²) in [4.78, 5) is 17.8. The van der Waals surface area contributed by atoms with E-state index in [1.165, 1.54) is 0 Å². The van der Waals surface area contributed by atoms with Crippen LogP contribution in [-0.2, 0) is 18.2 Å². The Bertz CT molecular complexity index is 283. The number of rotatable bonds is 8. The average Bonchev–Trinajstić information content (AvgIpc) is 2.17. The highest BCUT2D eigenvalue weighted by atomic mass is 31.2. The van der Waals surface area contributed by atoms with Crippen LogP contribution in [0.25, 0.3) is 0 Å². The standard InChI is InChI=1S/C7H14O6P2/c1-3-14(8,9)12-6-5-7-13-15(10,11)4-2/h3-4H,1-2,5-7H2,(H,8,9)(H,10,11). The van der Waals surface area contributed by atoms with E-state index in [9.17, 15) is 9.13 Å². The lowest BCUT2D eigenvalue weighted by Gasteiger charge is -2.09. The highest BCUT2D eigenvalue weighted by Gasteiger charge is 2.14. The van der Waals surface area contributed by atoms with Gasteiger partial charge in [0, 0.05) is 11.6 Å². The molecule has 2 atom stereocenters. The van der Waals surface area contributed by atoms with Gasteiger partial charge in [0.05, 0.1) is 13.2 Å². The van der Waals surface area contributed by atoms with Crippen LogP contribution in [0.4, 0.5) is 0 Å². The summed E-state index contributed by atoms with van der Waals surface area (Å²) < 4.78 is 30.8. The van der Waals surface area contributed by atoms with E-state index < -0.39 is 15.2 Å². The van der Waals surface area contributed by atoms with Crippen molar-refractivity contribution in [1.29, 1.82) is 0 Å². The zero-order chi connectivity index (χ0) is 11.9. The molecule has 0 aromatic heterocycles. The molecule has 6 nitrogen and oxygen atoms in total. The first-order valence-corrected chi connectivity index (χ1v) is 7.33. The SMILES string of the molecule is C=CP(=O)(O)OCCCOP(=O)(O)C=C. The molecule has 0 amide bonds. The predicted octanol–water partition coefficient (Wildman–Crippen LogP) is 2.07. The fraction of sp³-hybridized carbons (Fsp3) is 0.429. The first-order valence-electron chi connectivity index (χ1n) is 4.04. The first-order chi connectivity index (χ1) is 6.83. The Morgan fingerprint density at radius 3 is 1.60 bits per heavy atom. The van der Waals surface area contributed by atoms with Crippen molar-refractivity contribution in [3.05, 3.63) is 24.8 Å². The fourth-order valence-electron chi connectivity index (χ4n) is 0.555. The highest BCUT2D eigenvalue weighted by Crippen LogP contribution is 2.44. The van der Waals surface area contributed by atoms with Crippen LogP contribution in [0.1, 0.15) is 6.42 Å². The van der Waals surface area contributed by atoms with Crippen molar-refractivity contribution in [2.45, 2.75) is 6.42 Å². The van der Waals surface area contributed by atoms with Gasteiger partial charge in [-0.2, -0.15) is 0 Å². The van der Waals surface area contributed by atoms with Crippen LogP contribution in [0, 0.1) is 0 Å². The van der Waals surface area contributed by atoms with Crippen molar-refractivity contribution in [3.63, 3.8) is 0 Å². The van der Waals surface area contributed by atoms with Gasteiger partial charge >= 0.3 is 15.2 Å². The van der Waals surface area contributed by atoms with Crippen LogP contribution in [0.2, 0.25) is 0 Å². The van der Waals surface area contributed by atoms with Crippen molar-refractivity contribution in [3.8, 4) is 0 Å². The molecular formula is C7H14O6P2. The van der Waals surface area contributed by atoms with Crippen LogP contribution in [0.15, 0.2) is 24.8 Å². The molecule has 2 N–H and O–H groups in total. The Kier molecular flexibility index (Phi) is 6.29. The summed E-state index contributed by atoms with van der Waals surface area (Å²) in [5.41, 5.74) is 0. The summed E-state index contributed by atoms with van der Waals surface area (Å²) in [6, 6.07) is 0. The molecule has 0 fully saturated rings. The second kappa shape index (κ2) is 6.38. The van der Waals surface area contributed by atoms with Gasteiger partial charge in [-0.1, -0.05) is 13.2 Å². The van der Waals surface area contributed by atoms with Gasteiger partial charge in [-0.3, -0.25) is 9.13 Å². The van der Waals surface area contributed by atoms with E-state index in [-0.39, 0.29) is 19.6 Å². The molecule has 0 aliphatic rings. The fourth-order valence-corrected chi connectivity index (χ4v) is 1.55. The van der Waals surface area contributed by atoms with E-state index in [2.05, 4.69) is 22.2 Å². The largest absolute Gasteiger partial charge is 0.351 e. The Morgan fingerprint density at radius 2 is 1.33 bits per heavy atom. The third kappa shape index (κ3) is 7.68. The van der Waals surface area contributed by atoms with Crippen molar-refractivity contribution in [1.82, 2.24) is 0 Å². The third-order valence-corrected chi connectivity index (χ3v) is 3.33. The summed E-state index contributed by atoms with van der Waals surface area (Å²) >= 11 is 0. The molecule has 0 aliphatic carbocycles. The molecule has 2 unspecified atom stereocenters. The zero-order valence-electron chi connectivity index (χ0n) is 8.11. The highest BCUT2D eigenvalue weighted by molar-refractivity contribution is 7.56. The molecular weight excluding hydrogens is 242 g/mol. The topological polar surface area (TPSA) is 93.1 Å². The van der Waals surface area contributed by atoms with Crippen molar-refractivity contribution >= 4 is 15.2 Å². The van der Waals surface area contributed by atoms with Gasteiger partial charge < -0.3 is 18.8 Å². The second-order valence-electron chi connectivity index (χ2n) is 2.51. The van der Waals surface area contributed by atoms with E-state index in [1.807, 2.05) is 0 Å². The quantitative estimate of drug-likeness (QED) is 0.510. The number of hydrogen-bond acceptors (Lipinski definition) is 4. The van der Waals surface area contributed by atoms with Crippen LogP contribution >= 0.6 is 15.2 Å². The smallest absolute Gasteiger partial charge is 0.321 e. The van der Waals surface area contributed by atoms with Gasteiger partial charge in [0.15, 0.2) is 0 Å². The van der Waals surface area contributed by atoms with Crippen LogP contribution < -0.4 is 0 Å². The molecule has 0 spiro atoms. The second-order valence-corrected chi connectivity index (χ2v) is 6.02. The summed E-state index contributed by atoms with van der Waals surface area (Å²) in [6.07, 6.45) is 0.219. The lowest BCUT2D eigenvalue weighted by atomic mass is 10.5. The Morgan fingerprint density at radius 1 is 1.00 bits per heavy atom. The van der Waals surface area contributed by atoms with Crippen LogP contribution in [-0.4, -0.2) is 23.0 Å². The Labute approximate surface area is 88.3 Å². The van der Waals surface area contributed by atoms with Gasteiger partial charge in [0.2, 0.25) is 0 Å². The van der Waals surface area contributed by atoms with Gasteiger partial charge in [0.1, 0.15) is 0 Å². The van der Waals surface area contributed by atoms with E-state index in [1.54, 1.807) is 0 Å². The summed E-state index contributed by atoms with van der Waals surface area (Å²) in [5, 5.41) is 0. The minimum absolute atomic E-state index is 0.0586. The molecule has 0 rings (SSSR count). The number of hydrogen-bond donors (Lipinski definition) is 2. The molecule has 0 saturated carbocycles. The maximum absolute atomic E-state index is 10.9. The molecule has 15 heavy (non-hydrogen) atoms. The minimum atomic E-state index is -3.70. The average molecular weight is 256 g/mol. The Balaban J connectivity index is 3.66. The monoisotopic (exact) mass is 256 g/mol. The lowest BCUT2D eigenvalue weighted by molar-refractivity contribution is 0.216. The van der Waals surface area contributed by atoms with Crippen molar-refractivity contribution in [2.24, 2.45) is 0 Å². The molecule has 0 radical (unpaired) electrons. The predicted molar refractivity (Wildman–Crippen MR) is 56.6 cm³/mol. The van der Waals surface area contributed by atoms with E-state index in [4.69, 9.17) is 9.79 Å². The first kappa shape index (κ1) is 14.8. The van der Waals surface area contributed by atoms with Gasteiger partial charge in [0.25, 0.3) is 0 Å². The van der Waals surface area contributed by atoms with Crippen molar-refractivity contribution < 1.29 is 28.0 Å². The normalized spacial score (nSPS) is 18.8. The van der Waals surface area contributed by atoms with Crippen LogP contribution in [0.3, 0.4) is 0 Å². The molecule has 0 bridgehead atoms. The van der Waals surface area contributed by atoms with Gasteiger partial charge in [-0.25, -0.2) is 0 Å². The molecule has 8 heteroatoms. The van der Waals surface area contributed by atoms with Crippen LogP contribution in [0.5, 0.6) is 0 Å². The summed E-state index contributed by atoms with van der Waals surface area (Å²) in [5.74, 6) is 1.63. The maximum Gasteiger partial charge on any atom is 0.351 e. The molecule has 0 aromatic rings. The molecule has 0 aromatic carbocycles. The molecule has 0 heterocycles. The third-order valence-electron chi connectivity index (χ3n) is 1.30. The van der Waals surface area contributed by atoms with Crippen molar-refractivity contribution in [2.75, 3.05) is 13.2 Å². The minimum Gasteiger partial charge on any atom is -0.321 e. The maximum atomic E-state index is 10.9. The molecule has 0 aliphatic heterocycles. The Hall–Kier alpha value is -0.220. The molecule has 0 saturated heterocycles.